The summed E-state index contributed by atoms with van der Waals surface area (Å²) in [6.07, 6.45) is 4.86. The van der Waals surface area contributed by atoms with Crippen LogP contribution in [0.2, 0.25) is 0 Å². The number of pyridine rings is 1. The van der Waals surface area contributed by atoms with Gasteiger partial charge in [0, 0.05) is 25.1 Å². The Morgan fingerprint density at radius 3 is 2.50 bits per heavy atom. The molecule has 90 valence electrons. The van der Waals surface area contributed by atoms with Gasteiger partial charge in [-0.1, -0.05) is 6.07 Å². The number of aliphatic hydroxyl groups is 1. The van der Waals surface area contributed by atoms with E-state index < -0.39 is 5.60 Å². The highest BCUT2D eigenvalue weighted by Crippen LogP contribution is 2.29. The Bertz CT molecular complexity index is 320. The van der Waals surface area contributed by atoms with Crippen molar-refractivity contribution in [3.63, 3.8) is 0 Å². The summed E-state index contributed by atoms with van der Waals surface area (Å²) in [7, 11) is 1.69. The molecule has 1 aromatic rings. The smallest absolute Gasteiger partial charge is 0.0884 e. The summed E-state index contributed by atoms with van der Waals surface area (Å²) in [5.41, 5.74) is -0.196. The Kier molecular flexibility index (Phi) is 4.05. The van der Waals surface area contributed by atoms with Crippen molar-refractivity contribution in [2.45, 2.75) is 44.8 Å². The van der Waals surface area contributed by atoms with Crippen molar-refractivity contribution in [3.8, 4) is 0 Å². The van der Waals surface area contributed by atoms with E-state index in [2.05, 4.69) is 4.98 Å². The fourth-order valence-corrected chi connectivity index (χ4v) is 1.47. The van der Waals surface area contributed by atoms with Gasteiger partial charge >= 0.3 is 0 Å². The third kappa shape index (κ3) is 3.58. The summed E-state index contributed by atoms with van der Waals surface area (Å²) in [4.78, 5) is 4.02. The van der Waals surface area contributed by atoms with E-state index in [1.54, 1.807) is 19.5 Å². The first kappa shape index (κ1) is 13.1. The lowest BCUT2D eigenvalue weighted by Gasteiger charge is -2.29. The zero-order chi connectivity index (χ0) is 12.2. The fraction of sp³-hybridized carbons (Fsp3) is 0.615. The number of aromatic nitrogens is 1. The number of ether oxygens (including phenoxy) is 1. The molecule has 1 unspecified atom stereocenters. The highest BCUT2D eigenvalue weighted by molar-refractivity contribution is 5.16. The molecule has 1 heterocycles. The van der Waals surface area contributed by atoms with E-state index in [0.29, 0.717) is 6.42 Å². The predicted octanol–water partition coefficient (Wildman–Crippen LogP) is 2.49. The number of hydrogen-bond acceptors (Lipinski definition) is 3. The van der Waals surface area contributed by atoms with Crippen molar-refractivity contribution in [1.29, 1.82) is 0 Å². The Labute approximate surface area is 97.5 Å². The van der Waals surface area contributed by atoms with Gasteiger partial charge in [0.05, 0.1) is 11.2 Å². The summed E-state index contributed by atoms with van der Waals surface area (Å²) >= 11 is 0. The first-order chi connectivity index (χ1) is 7.37. The molecule has 3 heteroatoms. The molecule has 0 saturated heterocycles. The molecule has 0 bridgehead atoms. The molecule has 0 saturated carbocycles. The topological polar surface area (TPSA) is 42.4 Å². The second-order valence-electron chi connectivity index (χ2n) is 4.98. The van der Waals surface area contributed by atoms with Crippen LogP contribution in [0.15, 0.2) is 24.5 Å². The molecule has 0 radical (unpaired) electrons. The summed E-state index contributed by atoms with van der Waals surface area (Å²) < 4.78 is 5.34. The summed E-state index contributed by atoms with van der Waals surface area (Å²) in [5.74, 6) is 0. The lowest BCUT2D eigenvalue weighted by Crippen LogP contribution is -2.29. The number of nitrogens with zero attached hydrogens (tertiary/aromatic N) is 1. The highest BCUT2D eigenvalue weighted by atomic mass is 16.5. The van der Waals surface area contributed by atoms with Crippen LogP contribution in [0.3, 0.4) is 0 Å². The molecule has 1 N–H and O–H groups in total. The predicted molar refractivity (Wildman–Crippen MR) is 64.1 cm³/mol. The van der Waals surface area contributed by atoms with Crippen LogP contribution < -0.4 is 0 Å². The van der Waals surface area contributed by atoms with Crippen LogP contribution in [0, 0.1) is 0 Å². The minimum absolute atomic E-state index is 0.202. The first-order valence-electron chi connectivity index (χ1n) is 5.55. The Balaban J connectivity index is 2.66. The number of methoxy groups -OCH3 is 1. The molecule has 0 aromatic carbocycles. The van der Waals surface area contributed by atoms with Gasteiger partial charge in [-0.15, -0.1) is 0 Å². The third-order valence-electron chi connectivity index (χ3n) is 3.05. The van der Waals surface area contributed by atoms with Gasteiger partial charge in [-0.05, 0) is 39.7 Å². The van der Waals surface area contributed by atoms with Gasteiger partial charge in [0.1, 0.15) is 0 Å². The summed E-state index contributed by atoms with van der Waals surface area (Å²) in [6, 6.07) is 3.73. The number of hydrogen-bond donors (Lipinski definition) is 1. The molecule has 0 aliphatic heterocycles. The third-order valence-corrected chi connectivity index (χ3v) is 3.05. The van der Waals surface area contributed by atoms with E-state index in [0.717, 1.165) is 12.0 Å². The SMILES string of the molecule is COC(C)(C)CCC(C)(O)c1cccnc1. The largest absolute Gasteiger partial charge is 0.385 e. The van der Waals surface area contributed by atoms with Gasteiger partial charge in [-0.25, -0.2) is 0 Å². The summed E-state index contributed by atoms with van der Waals surface area (Å²) in [5, 5.41) is 10.3. The van der Waals surface area contributed by atoms with Crippen LogP contribution in [-0.2, 0) is 10.3 Å². The second-order valence-corrected chi connectivity index (χ2v) is 4.98. The summed E-state index contributed by atoms with van der Waals surface area (Å²) in [6.45, 7) is 5.86. The Morgan fingerprint density at radius 1 is 1.31 bits per heavy atom. The fourth-order valence-electron chi connectivity index (χ4n) is 1.47. The maximum Gasteiger partial charge on any atom is 0.0884 e. The van der Waals surface area contributed by atoms with Crippen LogP contribution in [0.25, 0.3) is 0 Å². The molecule has 0 fully saturated rings. The van der Waals surface area contributed by atoms with Gasteiger partial charge in [0.15, 0.2) is 0 Å². The van der Waals surface area contributed by atoms with E-state index in [9.17, 15) is 5.11 Å². The lowest BCUT2D eigenvalue weighted by molar-refractivity contribution is -0.0212. The standard InChI is InChI=1S/C13H21NO2/c1-12(2,16-4)7-8-13(3,15)11-6-5-9-14-10-11/h5-6,9-10,15H,7-8H2,1-4H3. The lowest BCUT2D eigenvalue weighted by atomic mass is 9.88. The Morgan fingerprint density at radius 2 is 2.00 bits per heavy atom. The molecule has 0 amide bonds. The zero-order valence-corrected chi connectivity index (χ0v) is 10.5. The first-order valence-corrected chi connectivity index (χ1v) is 5.55. The van der Waals surface area contributed by atoms with Crippen LogP contribution in [0.4, 0.5) is 0 Å². The molecule has 1 aromatic heterocycles. The van der Waals surface area contributed by atoms with Gasteiger partial charge in [-0.3, -0.25) is 4.98 Å². The monoisotopic (exact) mass is 223 g/mol. The van der Waals surface area contributed by atoms with Gasteiger partial charge < -0.3 is 9.84 Å². The van der Waals surface area contributed by atoms with Crippen molar-refractivity contribution in [1.82, 2.24) is 4.98 Å². The molecule has 0 aliphatic rings. The highest BCUT2D eigenvalue weighted by Gasteiger charge is 2.27. The van der Waals surface area contributed by atoms with Crippen LogP contribution >= 0.6 is 0 Å². The van der Waals surface area contributed by atoms with Crippen molar-refractivity contribution in [3.05, 3.63) is 30.1 Å². The molecular formula is C13H21NO2. The van der Waals surface area contributed by atoms with Gasteiger partial charge in [0.25, 0.3) is 0 Å². The molecule has 3 nitrogen and oxygen atoms in total. The van der Waals surface area contributed by atoms with Gasteiger partial charge in [0.2, 0.25) is 0 Å². The van der Waals surface area contributed by atoms with Crippen molar-refractivity contribution >= 4 is 0 Å². The number of rotatable bonds is 5. The zero-order valence-electron chi connectivity index (χ0n) is 10.5. The minimum atomic E-state index is -0.843. The van der Waals surface area contributed by atoms with E-state index in [4.69, 9.17) is 4.74 Å². The van der Waals surface area contributed by atoms with Crippen molar-refractivity contribution in [2.24, 2.45) is 0 Å². The molecular weight excluding hydrogens is 202 g/mol. The normalized spacial score (nSPS) is 15.8. The van der Waals surface area contributed by atoms with Crippen LogP contribution in [0.5, 0.6) is 0 Å². The molecule has 1 rings (SSSR count). The van der Waals surface area contributed by atoms with Crippen LogP contribution in [-0.4, -0.2) is 22.8 Å². The van der Waals surface area contributed by atoms with E-state index in [1.165, 1.54) is 0 Å². The maximum atomic E-state index is 10.3. The van der Waals surface area contributed by atoms with Crippen molar-refractivity contribution in [2.75, 3.05) is 7.11 Å². The van der Waals surface area contributed by atoms with Gasteiger partial charge in [-0.2, -0.15) is 0 Å². The average molecular weight is 223 g/mol. The molecule has 0 aliphatic carbocycles. The van der Waals surface area contributed by atoms with Crippen LogP contribution in [0.1, 0.15) is 39.2 Å². The quantitative estimate of drug-likeness (QED) is 0.834. The van der Waals surface area contributed by atoms with E-state index >= 15 is 0 Å². The average Bonchev–Trinajstić information content (AvgIpc) is 2.28. The Hall–Kier alpha value is -0.930. The molecule has 16 heavy (non-hydrogen) atoms. The second kappa shape index (κ2) is 4.93. The van der Waals surface area contributed by atoms with E-state index in [-0.39, 0.29) is 5.60 Å². The molecule has 1 atom stereocenters. The maximum absolute atomic E-state index is 10.3. The molecule has 0 spiro atoms. The minimum Gasteiger partial charge on any atom is -0.385 e. The van der Waals surface area contributed by atoms with Crippen molar-refractivity contribution < 1.29 is 9.84 Å². The van der Waals surface area contributed by atoms with E-state index in [1.807, 2.05) is 32.9 Å².